The van der Waals surface area contributed by atoms with Gasteiger partial charge in [-0.25, -0.2) is 8.42 Å². The predicted molar refractivity (Wildman–Crippen MR) is 84.1 cm³/mol. The molecule has 0 bridgehead atoms. The number of ketones is 1. The molecule has 1 aliphatic heterocycles. The SMILES string of the molecule is O=C(c1c[nH]c2cc(Cl)cc(Cl)c12)C1CCCCS1(=O)=O. The van der Waals surface area contributed by atoms with E-state index in [0.29, 0.717) is 39.4 Å². The van der Waals surface area contributed by atoms with Crippen molar-refractivity contribution in [3.63, 3.8) is 0 Å². The highest BCUT2D eigenvalue weighted by molar-refractivity contribution is 7.92. The summed E-state index contributed by atoms with van der Waals surface area (Å²) >= 11 is 12.1. The van der Waals surface area contributed by atoms with Gasteiger partial charge >= 0.3 is 0 Å². The molecule has 112 valence electrons. The van der Waals surface area contributed by atoms with Crippen LogP contribution in [-0.2, 0) is 9.84 Å². The number of hydrogen-bond acceptors (Lipinski definition) is 3. The second kappa shape index (κ2) is 5.30. The van der Waals surface area contributed by atoms with Gasteiger partial charge in [0.25, 0.3) is 0 Å². The van der Waals surface area contributed by atoms with Gasteiger partial charge in [0.15, 0.2) is 15.6 Å². The summed E-state index contributed by atoms with van der Waals surface area (Å²) in [6.07, 6.45) is 3.26. The molecule has 0 radical (unpaired) electrons. The Morgan fingerprint density at radius 1 is 1.24 bits per heavy atom. The van der Waals surface area contributed by atoms with E-state index >= 15 is 0 Å². The Morgan fingerprint density at radius 3 is 2.71 bits per heavy atom. The maximum absolute atomic E-state index is 12.6. The fourth-order valence-corrected chi connectivity index (χ4v) is 5.27. The smallest absolute Gasteiger partial charge is 0.183 e. The first-order chi connectivity index (χ1) is 9.90. The first-order valence-corrected chi connectivity index (χ1v) is 9.09. The van der Waals surface area contributed by atoms with Crippen LogP contribution >= 0.6 is 23.2 Å². The third-order valence-electron chi connectivity index (χ3n) is 3.83. The Labute approximate surface area is 132 Å². The van der Waals surface area contributed by atoms with Crippen molar-refractivity contribution < 1.29 is 13.2 Å². The molecule has 3 rings (SSSR count). The number of aromatic amines is 1. The minimum Gasteiger partial charge on any atom is -0.360 e. The average Bonchev–Trinajstić information content (AvgIpc) is 2.81. The molecule has 4 nitrogen and oxygen atoms in total. The van der Waals surface area contributed by atoms with E-state index in [4.69, 9.17) is 23.2 Å². The minimum absolute atomic E-state index is 0.0747. The summed E-state index contributed by atoms with van der Waals surface area (Å²) in [6, 6.07) is 3.21. The second-order valence-electron chi connectivity index (χ2n) is 5.23. The third-order valence-corrected chi connectivity index (χ3v) is 6.52. The number of fused-ring (bicyclic) bond motifs is 1. The highest BCUT2D eigenvalue weighted by Crippen LogP contribution is 2.33. The van der Waals surface area contributed by atoms with Crippen molar-refractivity contribution in [1.82, 2.24) is 4.98 Å². The lowest BCUT2D eigenvalue weighted by Gasteiger charge is -2.20. The summed E-state index contributed by atoms with van der Waals surface area (Å²) in [5.41, 5.74) is 0.950. The monoisotopic (exact) mass is 345 g/mol. The highest BCUT2D eigenvalue weighted by Gasteiger charge is 2.36. The normalized spacial score (nSPS) is 21.5. The van der Waals surface area contributed by atoms with Crippen LogP contribution in [0.4, 0.5) is 0 Å². The predicted octanol–water partition coefficient (Wildman–Crippen LogP) is 3.62. The fraction of sp³-hybridized carbons (Fsp3) is 0.357. The van der Waals surface area contributed by atoms with Crippen LogP contribution in [0.3, 0.4) is 0 Å². The molecule has 1 aliphatic rings. The number of H-pyrrole nitrogens is 1. The molecule has 1 N–H and O–H groups in total. The molecule has 1 fully saturated rings. The number of sulfone groups is 1. The van der Waals surface area contributed by atoms with Gasteiger partial charge in [-0.2, -0.15) is 0 Å². The third kappa shape index (κ3) is 2.58. The number of carbonyl (C=O) groups excluding carboxylic acids is 1. The largest absolute Gasteiger partial charge is 0.360 e. The molecule has 7 heteroatoms. The van der Waals surface area contributed by atoms with E-state index in [1.807, 2.05) is 0 Å². The maximum atomic E-state index is 12.6. The molecule has 0 saturated carbocycles. The van der Waals surface area contributed by atoms with Gasteiger partial charge in [-0.3, -0.25) is 4.79 Å². The molecule has 0 amide bonds. The second-order valence-corrected chi connectivity index (χ2v) is 8.37. The Balaban J connectivity index is 2.10. The van der Waals surface area contributed by atoms with Gasteiger partial charge < -0.3 is 4.98 Å². The Hall–Kier alpha value is -1.04. The lowest BCUT2D eigenvalue weighted by Crippen LogP contribution is -2.35. The number of halogens is 2. The van der Waals surface area contributed by atoms with E-state index in [1.54, 1.807) is 12.1 Å². The van der Waals surface area contributed by atoms with Crippen molar-refractivity contribution in [2.45, 2.75) is 24.5 Å². The van der Waals surface area contributed by atoms with Crippen LogP contribution in [0.25, 0.3) is 10.9 Å². The van der Waals surface area contributed by atoms with Crippen molar-refractivity contribution >= 4 is 49.7 Å². The van der Waals surface area contributed by atoms with Crippen molar-refractivity contribution in [3.05, 3.63) is 33.9 Å². The van der Waals surface area contributed by atoms with E-state index < -0.39 is 15.1 Å². The van der Waals surface area contributed by atoms with Crippen LogP contribution in [0, 0.1) is 0 Å². The summed E-state index contributed by atoms with van der Waals surface area (Å²) in [4.78, 5) is 15.6. The lowest BCUT2D eigenvalue weighted by atomic mass is 10.0. The van der Waals surface area contributed by atoms with Gasteiger partial charge in [-0.05, 0) is 25.0 Å². The lowest BCUT2D eigenvalue weighted by molar-refractivity contribution is 0.0983. The number of nitrogens with one attached hydrogen (secondary N) is 1. The summed E-state index contributed by atoms with van der Waals surface area (Å²) < 4.78 is 24.2. The molecular formula is C14H13Cl2NO3S. The van der Waals surface area contributed by atoms with E-state index in [9.17, 15) is 13.2 Å². The van der Waals surface area contributed by atoms with Crippen LogP contribution in [0.1, 0.15) is 29.6 Å². The number of aromatic nitrogens is 1. The summed E-state index contributed by atoms with van der Waals surface area (Å²) in [6.45, 7) is 0. The molecule has 1 saturated heterocycles. The topological polar surface area (TPSA) is 67.0 Å². The minimum atomic E-state index is -3.37. The zero-order chi connectivity index (χ0) is 15.2. The van der Waals surface area contributed by atoms with Crippen molar-refractivity contribution in [1.29, 1.82) is 0 Å². The van der Waals surface area contributed by atoms with Gasteiger partial charge in [-0.15, -0.1) is 0 Å². The summed E-state index contributed by atoms with van der Waals surface area (Å²) in [5.74, 6) is -0.309. The molecule has 1 aromatic carbocycles. The van der Waals surface area contributed by atoms with E-state index in [2.05, 4.69) is 4.98 Å². The van der Waals surface area contributed by atoms with Crippen LogP contribution in [0.2, 0.25) is 10.0 Å². The molecule has 0 aliphatic carbocycles. The van der Waals surface area contributed by atoms with Crippen molar-refractivity contribution in [2.75, 3.05) is 5.75 Å². The number of carbonyl (C=O) groups is 1. The standard InChI is InChI=1S/C14H13Cl2NO3S/c15-8-5-10(16)13-9(7-17-11(13)6-8)14(18)12-3-1-2-4-21(12,19)20/h5-7,12,17H,1-4H2. The van der Waals surface area contributed by atoms with Crippen LogP contribution in [-0.4, -0.2) is 30.2 Å². The molecular weight excluding hydrogens is 333 g/mol. The fourth-order valence-electron chi connectivity index (χ4n) is 2.80. The van der Waals surface area contributed by atoms with Crippen molar-refractivity contribution in [3.8, 4) is 0 Å². The number of rotatable bonds is 2. The Morgan fingerprint density at radius 2 is 2.00 bits per heavy atom. The van der Waals surface area contributed by atoms with Crippen LogP contribution in [0.5, 0.6) is 0 Å². The first kappa shape index (κ1) is 14.9. The number of Topliss-reactive ketones (excluding diaryl/α,β-unsaturated/α-hetero) is 1. The zero-order valence-corrected chi connectivity index (χ0v) is 13.4. The molecule has 0 spiro atoms. The van der Waals surface area contributed by atoms with Crippen LogP contribution in [0.15, 0.2) is 18.3 Å². The maximum Gasteiger partial charge on any atom is 0.183 e. The quantitative estimate of drug-likeness (QED) is 0.845. The molecule has 1 aromatic heterocycles. The van der Waals surface area contributed by atoms with Gasteiger partial charge in [0.05, 0.1) is 10.8 Å². The summed E-state index contributed by atoms with van der Waals surface area (Å²) in [7, 11) is -3.37. The van der Waals surface area contributed by atoms with Gasteiger partial charge in [-0.1, -0.05) is 29.6 Å². The van der Waals surface area contributed by atoms with Gasteiger partial charge in [0.1, 0.15) is 5.25 Å². The average molecular weight is 346 g/mol. The molecule has 21 heavy (non-hydrogen) atoms. The highest BCUT2D eigenvalue weighted by atomic mass is 35.5. The molecule has 2 aromatic rings. The summed E-state index contributed by atoms with van der Waals surface area (Å²) in [5, 5.41) is 0.373. The Kier molecular flexibility index (Phi) is 3.76. The molecule has 1 atom stereocenters. The molecule has 1 unspecified atom stereocenters. The van der Waals surface area contributed by atoms with Crippen LogP contribution < -0.4 is 0 Å². The van der Waals surface area contributed by atoms with E-state index in [-0.39, 0.29) is 11.5 Å². The number of hydrogen-bond donors (Lipinski definition) is 1. The zero-order valence-electron chi connectivity index (χ0n) is 11.0. The Bertz CT molecular complexity index is 826. The van der Waals surface area contributed by atoms with Crippen molar-refractivity contribution in [2.24, 2.45) is 0 Å². The molecule has 2 heterocycles. The number of benzene rings is 1. The van der Waals surface area contributed by atoms with E-state index in [0.717, 1.165) is 6.42 Å². The van der Waals surface area contributed by atoms with Gasteiger partial charge in [0.2, 0.25) is 0 Å². The van der Waals surface area contributed by atoms with E-state index in [1.165, 1.54) is 6.20 Å². The van der Waals surface area contributed by atoms with Gasteiger partial charge in [0, 0.05) is 27.7 Å². The first-order valence-electron chi connectivity index (χ1n) is 6.62.